The van der Waals surface area contributed by atoms with Crippen LogP contribution in [0.2, 0.25) is 0 Å². The van der Waals surface area contributed by atoms with Crippen LogP contribution in [0.25, 0.3) is 0 Å². The van der Waals surface area contributed by atoms with E-state index in [1.165, 1.54) is 25.7 Å². The number of aliphatic hydroxyl groups is 1. The lowest BCUT2D eigenvalue weighted by atomic mass is 10.2. The Labute approximate surface area is 69.2 Å². The van der Waals surface area contributed by atoms with Crippen LogP contribution < -0.4 is 0 Å². The third-order valence-corrected chi connectivity index (χ3v) is 2.50. The fraction of sp³-hybridized carbons (Fsp3) is 1.00. The molecule has 66 valence electrons. The van der Waals surface area contributed by atoms with Gasteiger partial charge in [-0.2, -0.15) is 0 Å². The fourth-order valence-electron chi connectivity index (χ4n) is 1.91. The van der Waals surface area contributed by atoms with Gasteiger partial charge >= 0.3 is 0 Å². The smallest absolute Gasteiger partial charge is 0.0639 e. The van der Waals surface area contributed by atoms with E-state index >= 15 is 0 Å². The molecule has 0 saturated heterocycles. The van der Waals surface area contributed by atoms with Crippen molar-refractivity contribution in [1.29, 1.82) is 0 Å². The van der Waals surface area contributed by atoms with Crippen LogP contribution in [0.1, 0.15) is 32.6 Å². The zero-order valence-corrected chi connectivity index (χ0v) is 7.58. The SMILES string of the molecule is CC(O)CN(C)C1CCCC1. The van der Waals surface area contributed by atoms with Crippen LogP contribution in [0.4, 0.5) is 0 Å². The molecule has 1 unspecified atom stereocenters. The van der Waals surface area contributed by atoms with E-state index in [1.54, 1.807) is 0 Å². The maximum Gasteiger partial charge on any atom is 0.0639 e. The molecular weight excluding hydrogens is 138 g/mol. The number of rotatable bonds is 3. The van der Waals surface area contributed by atoms with E-state index < -0.39 is 0 Å². The van der Waals surface area contributed by atoms with Gasteiger partial charge in [-0.25, -0.2) is 0 Å². The van der Waals surface area contributed by atoms with Gasteiger partial charge < -0.3 is 10.0 Å². The fourth-order valence-corrected chi connectivity index (χ4v) is 1.91. The van der Waals surface area contributed by atoms with Gasteiger partial charge in [0.1, 0.15) is 0 Å². The van der Waals surface area contributed by atoms with Gasteiger partial charge in [0.25, 0.3) is 0 Å². The van der Waals surface area contributed by atoms with Crippen molar-refractivity contribution in [2.45, 2.75) is 44.8 Å². The minimum absolute atomic E-state index is 0.180. The third kappa shape index (κ3) is 2.80. The standard InChI is InChI=1S/C9H19NO/c1-8(11)7-10(2)9-5-3-4-6-9/h8-9,11H,3-7H2,1-2H3. The van der Waals surface area contributed by atoms with Crippen LogP contribution in [-0.2, 0) is 0 Å². The first-order valence-corrected chi connectivity index (χ1v) is 4.58. The minimum atomic E-state index is -0.180. The van der Waals surface area contributed by atoms with E-state index in [4.69, 9.17) is 5.11 Å². The number of hydrogen-bond donors (Lipinski definition) is 1. The van der Waals surface area contributed by atoms with Crippen LogP contribution >= 0.6 is 0 Å². The quantitative estimate of drug-likeness (QED) is 0.666. The highest BCUT2D eigenvalue weighted by Gasteiger charge is 2.19. The van der Waals surface area contributed by atoms with Crippen molar-refractivity contribution in [3.63, 3.8) is 0 Å². The van der Waals surface area contributed by atoms with E-state index in [2.05, 4.69) is 11.9 Å². The third-order valence-electron chi connectivity index (χ3n) is 2.50. The van der Waals surface area contributed by atoms with Gasteiger partial charge in [0.2, 0.25) is 0 Å². The Morgan fingerprint density at radius 1 is 1.45 bits per heavy atom. The molecule has 0 aromatic carbocycles. The van der Waals surface area contributed by atoms with Gasteiger partial charge in [-0.15, -0.1) is 0 Å². The molecular formula is C9H19NO. The summed E-state index contributed by atoms with van der Waals surface area (Å²) >= 11 is 0. The van der Waals surface area contributed by atoms with Crippen molar-refractivity contribution in [1.82, 2.24) is 4.90 Å². The molecule has 1 rings (SSSR count). The molecule has 1 fully saturated rings. The summed E-state index contributed by atoms with van der Waals surface area (Å²) in [5.41, 5.74) is 0. The lowest BCUT2D eigenvalue weighted by molar-refractivity contribution is 0.118. The molecule has 1 N–H and O–H groups in total. The Balaban J connectivity index is 2.22. The summed E-state index contributed by atoms with van der Waals surface area (Å²) in [6, 6.07) is 0.740. The largest absolute Gasteiger partial charge is 0.392 e. The Kier molecular flexibility index (Phi) is 3.34. The molecule has 0 aromatic heterocycles. The van der Waals surface area contributed by atoms with E-state index in [9.17, 15) is 0 Å². The molecule has 0 bridgehead atoms. The van der Waals surface area contributed by atoms with Gasteiger partial charge in [-0.3, -0.25) is 0 Å². The van der Waals surface area contributed by atoms with Crippen LogP contribution in [0.5, 0.6) is 0 Å². The monoisotopic (exact) mass is 157 g/mol. The second kappa shape index (κ2) is 4.07. The van der Waals surface area contributed by atoms with Crippen molar-refractivity contribution < 1.29 is 5.11 Å². The highest BCUT2D eigenvalue weighted by molar-refractivity contribution is 4.75. The van der Waals surface area contributed by atoms with Crippen molar-refractivity contribution in [2.24, 2.45) is 0 Å². The van der Waals surface area contributed by atoms with Crippen LogP contribution in [0.3, 0.4) is 0 Å². The van der Waals surface area contributed by atoms with Crippen LogP contribution in [0.15, 0.2) is 0 Å². The predicted octanol–water partition coefficient (Wildman–Crippen LogP) is 1.24. The molecule has 11 heavy (non-hydrogen) atoms. The first-order valence-electron chi connectivity index (χ1n) is 4.58. The summed E-state index contributed by atoms with van der Waals surface area (Å²) in [5, 5.41) is 9.14. The topological polar surface area (TPSA) is 23.5 Å². The lowest BCUT2D eigenvalue weighted by Crippen LogP contribution is -2.34. The van der Waals surface area contributed by atoms with Crippen LogP contribution in [-0.4, -0.2) is 35.7 Å². The van der Waals surface area contributed by atoms with E-state index in [0.717, 1.165) is 12.6 Å². The maximum absolute atomic E-state index is 9.14. The average molecular weight is 157 g/mol. The molecule has 2 heteroatoms. The normalized spacial score (nSPS) is 22.9. The molecule has 0 heterocycles. The molecule has 0 radical (unpaired) electrons. The number of likely N-dealkylation sites (N-methyl/N-ethyl adjacent to an activating group) is 1. The predicted molar refractivity (Wildman–Crippen MR) is 46.6 cm³/mol. The summed E-state index contributed by atoms with van der Waals surface area (Å²) in [4.78, 5) is 2.29. The average Bonchev–Trinajstić information content (AvgIpc) is 2.35. The first-order chi connectivity index (χ1) is 5.20. The van der Waals surface area contributed by atoms with Gasteiger partial charge in [0.05, 0.1) is 6.10 Å². The molecule has 0 amide bonds. The number of aliphatic hydroxyl groups excluding tert-OH is 1. The zero-order valence-electron chi connectivity index (χ0n) is 7.58. The minimum Gasteiger partial charge on any atom is -0.392 e. The van der Waals surface area contributed by atoms with Crippen molar-refractivity contribution in [3.8, 4) is 0 Å². The van der Waals surface area contributed by atoms with Crippen molar-refractivity contribution >= 4 is 0 Å². The molecule has 1 aliphatic carbocycles. The zero-order chi connectivity index (χ0) is 8.27. The molecule has 0 spiro atoms. The molecule has 0 aromatic rings. The second-order valence-corrected chi connectivity index (χ2v) is 3.73. The molecule has 2 nitrogen and oxygen atoms in total. The highest BCUT2D eigenvalue weighted by Crippen LogP contribution is 2.22. The Morgan fingerprint density at radius 2 is 2.00 bits per heavy atom. The van der Waals surface area contributed by atoms with E-state index in [-0.39, 0.29) is 6.10 Å². The van der Waals surface area contributed by atoms with Gasteiger partial charge in [0.15, 0.2) is 0 Å². The van der Waals surface area contributed by atoms with Gasteiger partial charge in [0, 0.05) is 12.6 Å². The summed E-state index contributed by atoms with van der Waals surface area (Å²) in [6.45, 7) is 2.68. The number of nitrogens with zero attached hydrogens (tertiary/aromatic N) is 1. The van der Waals surface area contributed by atoms with Crippen molar-refractivity contribution in [2.75, 3.05) is 13.6 Å². The molecule has 1 aliphatic rings. The Hall–Kier alpha value is -0.0800. The molecule has 1 atom stereocenters. The highest BCUT2D eigenvalue weighted by atomic mass is 16.3. The van der Waals surface area contributed by atoms with E-state index in [0.29, 0.717) is 0 Å². The second-order valence-electron chi connectivity index (χ2n) is 3.73. The van der Waals surface area contributed by atoms with Gasteiger partial charge in [-0.05, 0) is 26.8 Å². The Morgan fingerprint density at radius 3 is 2.45 bits per heavy atom. The summed E-state index contributed by atoms with van der Waals surface area (Å²) < 4.78 is 0. The molecule has 1 saturated carbocycles. The van der Waals surface area contributed by atoms with E-state index in [1.807, 2.05) is 6.92 Å². The number of hydrogen-bond acceptors (Lipinski definition) is 2. The maximum atomic E-state index is 9.14. The van der Waals surface area contributed by atoms with Gasteiger partial charge in [-0.1, -0.05) is 12.8 Å². The van der Waals surface area contributed by atoms with Crippen LogP contribution in [0, 0.1) is 0 Å². The van der Waals surface area contributed by atoms with Crippen molar-refractivity contribution in [3.05, 3.63) is 0 Å². The molecule has 0 aliphatic heterocycles. The Bertz CT molecular complexity index is 108. The summed E-state index contributed by atoms with van der Waals surface area (Å²) in [7, 11) is 2.11. The summed E-state index contributed by atoms with van der Waals surface area (Å²) in [6.07, 6.45) is 5.20. The first kappa shape index (κ1) is 9.01. The lowest BCUT2D eigenvalue weighted by Gasteiger charge is -2.24. The summed E-state index contributed by atoms with van der Waals surface area (Å²) in [5.74, 6) is 0.